The highest BCUT2D eigenvalue weighted by Gasteiger charge is 2.19. The fourth-order valence-corrected chi connectivity index (χ4v) is 6.50. The molecular formula is C55H90O6. The van der Waals surface area contributed by atoms with E-state index in [1.807, 2.05) is 54.7 Å². The van der Waals surface area contributed by atoms with Crippen molar-refractivity contribution in [2.75, 3.05) is 13.2 Å². The average molecular weight is 847 g/mol. The molecule has 1 atom stereocenters. The van der Waals surface area contributed by atoms with Crippen LogP contribution in [0.3, 0.4) is 0 Å². The molecule has 1 unspecified atom stereocenters. The summed E-state index contributed by atoms with van der Waals surface area (Å²) in [6, 6.07) is 0. The monoisotopic (exact) mass is 847 g/mol. The van der Waals surface area contributed by atoms with Gasteiger partial charge in [-0.05, 0) is 83.5 Å². The number of allylic oxidation sites excluding steroid dienone is 16. The second kappa shape index (κ2) is 49.0. The first-order chi connectivity index (χ1) is 30.0. The molecule has 0 amide bonds. The van der Waals surface area contributed by atoms with Crippen LogP contribution >= 0.6 is 0 Å². The Morgan fingerprint density at radius 1 is 0.361 bits per heavy atom. The SMILES string of the molecule is CC/C=C/C=C/C=C/C=C/C=C/CCCC(=O)OCC(COC(=O)CCCCCCC/C=C/CCCCCCCCC)OC(=O)CCCCCCCCC/C=C/C/C=C/CC. The molecule has 0 heterocycles. The smallest absolute Gasteiger partial charge is 0.306 e. The topological polar surface area (TPSA) is 78.9 Å². The van der Waals surface area contributed by atoms with E-state index in [9.17, 15) is 14.4 Å². The maximum Gasteiger partial charge on any atom is 0.306 e. The molecule has 6 nitrogen and oxygen atoms in total. The Hall–Kier alpha value is -3.67. The zero-order valence-corrected chi connectivity index (χ0v) is 39.4. The Kier molecular flexibility index (Phi) is 46.0. The van der Waals surface area contributed by atoms with E-state index in [0.29, 0.717) is 19.3 Å². The lowest BCUT2D eigenvalue weighted by atomic mass is 10.1. The van der Waals surface area contributed by atoms with Gasteiger partial charge < -0.3 is 14.2 Å². The molecule has 0 N–H and O–H groups in total. The second-order valence-corrected chi connectivity index (χ2v) is 16.1. The number of unbranched alkanes of at least 4 members (excludes halogenated alkanes) is 20. The standard InChI is InChI=1S/C55H90O6/c1-4-7-10-13-16-19-22-25-27-28-31-33-36-39-42-45-48-54(57)60-51-52(50-59-53(56)47-44-41-38-35-32-29-24-21-18-15-12-9-6-3)61-55(58)49-46-43-40-37-34-30-26-23-20-17-14-11-8-5-2/h8-9,11-12,15,17-18,20-21,24,27-29,32,35,38,52H,4-7,10,13-14,16,19,22-23,25-26,30-31,33-34,36-37,39-51H2,1-3H3/b11-8+,12-9+,18-15+,20-17+,24-21+,28-27+,32-29+,38-35+. The summed E-state index contributed by atoms with van der Waals surface area (Å²) in [7, 11) is 0. The number of esters is 3. The van der Waals surface area contributed by atoms with Gasteiger partial charge in [-0.2, -0.15) is 0 Å². The second-order valence-electron chi connectivity index (χ2n) is 16.1. The van der Waals surface area contributed by atoms with Gasteiger partial charge in [0.05, 0.1) is 0 Å². The molecule has 0 fully saturated rings. The summed E-state index contributed by atoms with van der Waals surface area (Å²) in [5.74, 6) is -1.01. The first kappa shape index (κ1) is 57.3. The molecule has 0 aromatic carbocycles. The van der Waals surface area contributed by atoms with Crippen molar-refractivity contribution in [1.29, 1.82) is 0 Å². The molecule has 0 aliphatic heterocycles. The molecule has 0 saturated heterocycles. The highest BCUT2D eigenvalue weighted by atomic mass is 16.6. The zero-order chi connectivity index (χ0) is 44.4. The van der Waals surface area contributed by atoms with E-state index in [1.54, 1.807) is 0 Å². The van der Waals surface area contributed by atoms with Crippen molar-refractivity contribution in [3.05, 3.63) is 97.2 Å². The molecule has 0 aliphatic carbocycles. The summed E-state index contributed by atoms with van der Waals surface area (Å²) in [6.45, 7) is 6.29. The minimum atomic E-state index is -0.813. The van der Waals surface area contributed by atoms with Gasteiger partial charge in [-0.15, -0.1) is 0 Å². The van der Waals surface area contributed by atoms with Crippen molar-refractivity contribution in [2.45, 2.75) is 219 Å². The molecule has 6 heteroatoms. The van der Waals surface area contributed by atoms with Gasteiger partial charge in [0.1, 0.15) is 13.2 Å². The number of carbonyl (C=O) groups excluding carboxylic acids is 3. The third kappa shape index (κ3) is 47.2. The number of hydrogen-bond acceptors (Lipinski definition) is 6. The summed E-state index contributed by atoms with van der Waals surface area (Å²) >= 11 is 0. The predicted molar refractivity (Wildman–Crippen MR) is 260 cm³/mol. The Balaban J connectivity index is 4.50. The Bertz CT molecular complexity index is 1250. The maximum atomic E-state index is 12.8. The molecule has 346 valence electrons. The predicted octanol–water partition coefficient (Wildman–Crippen LogP) is 16.2. The average Bonchev–Trinajstić information content (AvgIpc) is 3.26. The Morgan fingerprint density at radius 2 is 0.738 bits per heavy atom. The Labute approximate surface area is 375 Å². The van der Waals surface area contributed by atoms with Gasteiger partial charge in [0, 0.05) is 19.3 Å². The van der Waals surface area contributed by atoms with Crippen LogP contribution in [0.5, 0.6) is 0 Å². The summed E-state index contributed by atoms with van der Waals surface area (Å²) in [6.07, 6.45) is 64.0. The van der Waals surface area contributed by atoms with E-state index >= 15 is 0 Å². The maximum absolute atomic E-state index is 12.8. The zero-order valence-electron chi connectivity index (χ0n) is 39.4. The summed E-state index contributed by atoms with van der Waals surface area (Å²) in [5, 5.41) is 0. The molecule has 0 rings (SSSR count). The molecule has 0 spiro atoms. The normalized spacial score (nSPS) is 12.9. The van der Waals surface area contributed by atoms with E-state index in [-0.39, 0.29) is 37.5 Å². The molecule has 0 saturated carbocycles. The molecule has 0 aliphatic rings. The van der Waals surface area contributed by atoms with E-state index in [2.05, 4.69) is 63.3 Å². The van der Waals surface area contributed by atoms with Gasteiger partial charge in [0.15, 0.2) is 6.10 Å². The fraction of sp³-hybridized carbons (Fsp3) is 0.655. The number of ether oxygens (including phenoxy) is 3. The highest BCUT2D eigenvalue weighted by molar-refractivity contribution is 5.71. The van der Waals surface area contributed by atoms with Gasteiger partial charge in [0.2, 0.25) is 0 Å². The van der Waals surface area contributed by atoms with Crippen molar-refractivity contribution >= 4 is 17.9 Å². The minimum absolute atomic E-state index is 0.109. The lowest BCUT2D eigenvalue weighted by Crippen LogP contribution is -2.30. The summed E-state index contributed by atoms with van der Waals surface area (Å²) in [5.41, 5.74) is 0. The number of carbonyl (C=O) groups is 3. The van der Waals surface area contributed by atoms with Crippen LogP contribution in [0.4, 0.5) is 0 Å². The van der Waals surface area contributed by atoms with Crippen molar-refractivity contribution in [3.8, 4) is 0 Å². The summed E-state index contributed by atoms with van der Waals surface area (Å²) in [4.78, 5) is 37.9. The van der Waals surface area contributed by atoms with Crippen molar-refractivity contribution in [2.24, 2.45) is 0 Å². The largest absolute Gasteiger partial charge is 0.462 e. The van der Waals surface area contributed by atoms with E-state index in [1.165, 1.54) is 83.5 Å². The van der Waals surface area contributed by atoms with Gasteiger partial charge in [-0.1, -0.05) is 208 Å². The van der Waals surface area contributed by atoms with Crippen LogP contribution in [0.1, 0.15) is 213 Å². The highest BCUT2D eigenvalue weighted by Crippen LogP contribution is 2.14. The van der Waals surface area contributed by atoms with Gasteiger partial charge >= 0.3 is 17.9 Å². The molecule has 0 radical (unpaired) electrons. The van der Waals surface area contributed by atoms with Crippen LogP contribution in [0.15, 0.2) is 97.2 Å². The molecule has 0 bridgehead atoms. The number of hydrogen-bond donors (Lipinski definition) is 0. The van der Waals surface area contributed by atoms with E-state index in [4.69, 9.17) is 14.2 Å². The van der Waals surface area contributed by atoms with Gasteiger partial charge in [-0.25, -0.2) is 0 Å². The van der Waals surface area contributed by atoms with Crippen molar-refractivity contribution in [1.82, 2.24) is 0 Å². The number of rotatable bonds is 43. The van der Waals surface area contributed by atoms with E-state index < -0.39 is 6.10 Å². The minimum Gasteiger partial charge on any atom is -0.462 e. The summed E-state index contributed by atoms with van der Waals surface area (Å²) < 4.78 is 16.7. The van der Waals surface area contributed by atoms with Crippen LogP contribution in [0.25, 0.3) is 0 Å². The van der Waals surface area contributed by atoms with Crippen molar-refractivity contribution in [3.63, 3.8) is 0 Å². The molecular weight excluding hydrogens is 757 g/mol. The van der Waals surface area contributed by atoms with Crippen LogP contribution in [-0.4, -0.2) is 37.2 Å². The van der Waals surface area contributed by atoms with Gasteiger partial charge in [0.25, 0.3) is 0 Å². The fourth-order valence-electron chi connectivity index (χ4n) is 6.50. The van der Waals surface area contributed by atoms with Crippen molar-refractivity contribution < 1.29 is 28.6 Å². The quantitative estimate of drug-likeness (QED) is 0.0200. The Morgan fingerprint density at radius 3 is 1.25 bits per heavy atom. The molecule has 0 aromatic heterocycles. The molecule has 61 heavy (non-hydrogen) atoms. The first-order valence-corrected chi connectivity index (χ1v) is 24.8. The van der Waals surface area contributed by atoms with E-state index in [0.717, 1.165) is 83.5 Å². The van der Waals surface area contributed by atoms with Crippen LogP contribution < -0.4 is 0 Å². The van der Waals surface area contributed by atoms with Crippen LogP contribution in [0, 0.1) is 0 Å². The van der Waals surface area contributed by atoms with Crippen LogP contribution in [-0.2, 0) is 28.6 Å². The van der Waals surface area contributed by atoms with Gasteiger partial charge in [-0.3, -0.25) is 14.4 Å². The first-order valence-electron chi connectivity index (χ1n) is 24.8. The van der Waals surface area contributed by atoms with Crippen LogP contribution in [0.2, 0.25) is 0 Å². The lowest BCUT2D eigenvalue weighted by Gasteiger charge is -2.18. The third-order valence-electron chi connectivity index (χ3n) is 10.2. The third-order valence-corrected chi connectivity index (χ3v) is 10.2. The molecule has 0 aromatic rings. The lowest BCUT2D eigenvalue weighted by molar-refractivity contribution is -0.167.